The number of hydrogen-bond donors (Lipinski definition) is 1. The summed E-state index contributed by atoms with van der Waals surface area (Å²) in [7, 11) is 1.78. The van der Waals surface area contributed by atoms with Gasteiger partial charge in [0.05, 0.1) is 6.54 Å². The van der Waals surface area contributed by atoms with Crippen LogP contribution in [0.5, 0.6) is 0 Å². The molecular weight excluding hydrogens is 258 g/mol. The zero-order valence-electron chi connectivity index (χ0n) is 11.8. The highest BCUT2D eigenvalue weighted by molar-refractivity contribution is 5.99. The highest BCUT2D eigenvalue weighted by Crippen LogP contribution is 2.34. The van der Waals surface area contributed by atoms with Crippen LogP contribution in [0.2, 0.25) is 0 Å². The Morgan fingerprint density at radius 3 is 2.70 bits per heavy atom. The Labute approximate surface area is 117 Å². The third-order valence-corrected chi connectivity index (χ3v) is 4.45. The molecule has 2 heterocycles. The van der Waals surface area contributed by atoms with Crippen molar-refractivity contribution in [1.29, 1.82) is 0 Å². The van der Waals surface area contributed by atoms with Crippen LogP contribution < -0.4 is 5.32 Å². The number of aryl methyl sites for hydroxylation is 1. The monoisotopic (exact) mass is 277 g/mol. The molecule has 1 aromatic rings. The summed E-state index contributed by atoms with van der Waals surface area (Å²) in [5, 5.41) is 6.95. The second-order valence-corrected chi connectivity index (χ2v) is 5.69. The smallest absolute Gasteiger partial charge is 0.249 e. The van der Waals surface area contributed by atoms with Crippen molar-refractivity contribution in [2.24, 2.45) is 7.05 Å². The van der Waals surface area contributed by atoms with Gasteiger partial charge in [0.2, 0.25) is 11.8 Å². The van der Waals surface area contributed by atoms with E-state index in [-0.39, 0.29) is 11.8 Å². The highest BCUT2D eigenvalue weighted by atomic mass is 16.2. The standard InChI is InChI=1S/C13H19N5O2/c1-9-11(19)16-13(5-3-4-6-13)12(20)18(9)7-10-14-8-15-17(10)2/h8-9H,3-7H2,1-2H3,(H,16,19). The Morgan fingerprint density at radius 1 is 1.40 bits per heavy atom. The maximum absolute atomic E-state index is 12.8. The molecule has 7 nitrogen and oxygen atoms in total. The fraction of sp³-hybridized carbons (Fsp3) is 0.692. The summed E-state index contributed by atoms with van der Waals surface area (Å²) < 4.78 is 1.63. The lowest BCUT2D eigenvalue weighted by Crippen LogP contribution is -2.68. The van der Waals surface area contributed by atoms with Gasteiger partial charge in [-0.3, -0.25) is 14.3 Å². The van der Waals surface area contributed by atoms with Gasteiger partial charge < -0.3 is 10.2 Å². The molecule has 0 aromatic carbocycles. The molecule has 1 spiro atoms. The minimum absolute atomic E-state index is 0.0186. The number of nitrogens with one attached hydrogen (secondary N) is 1. The number of hydrogen-bond acceptors (Lipinski definition) is 4. The fourth-order valence-electron chi connectivity index (χ4n) is 3.13. The molecule has 1 atom stereocenters. The maximum atomic E-state index is 12.8. The van der Waals surface area contributed by atoms with Gasteiger partial charge in [0.15, 0.2) is 0 Å². The first-order chi connectivity index (χ1) is 9.53. The Kier molecular flexibility index (Phi) is 2.99. The van der Waals surface area contributed by atoms with Crippen LogP contribution >= 0.6 is 0 Å². The van der Waals surface area contributed by atoms with E-state index in [1.165, 1.54) is 6.33 Å². The van der Waals surface area contributed by atoms with E-state index in [4.69, 9.17) is 0 Å². The maximum Gasteiger partial charge on any atom is 0.249 e. The largest absolute Gasteiger partial charge is 0.340 e. The van der Waals surface area contributed by atoms with Gasteiger partial charge in [-0.05, 0) is 19.8 Å². The molecule has 2 aliphatic rings. The van der Waals surface area contributed by atoms with Crippen molar-refractivity contribution in [2.75, 3.05) is 0 Å². The zero-order valence-corrected chi connectivity index (χ0v) is 11.8. The summed E-state index contributed by atoms with van der Waals surface area (Å²) in [6, 6.07) is -0.467. The Bertz CT molecular complexity index is 547. The first kappa shape index (κ1) is 13.1. The Hall–Kier alpha value is -1.92. The lowest BCUT2D eigenvalue weighted by molar-refractivity contribution is -0.155. The summed E-state index contributed by atoms with van der Waals surface area (Å²) in [6.07, 6.45) is 4.90. The lowest BCUT2D eigenvalue weighted by atomic mass is 9.91. The number of aromatic nitrogens is 3. The van der Waals surface area contributed by atoms with Gasteiger partial charge in [-0.25, -0.2) is 4.98 Å². The molecule has 1 saturated carbocycles. The molecule has 1 saturated heterocycles. The average Bonchev–Trinajstić information content (AvgIpc) is 3.03. The number of carbonyl (C=O) groups is 2. The minimum atomic E-state index is -0.678. The molecule has 1 N–H and O–H groups in total. The SMILES string of the molecule is CC1C(=O)NC2(CCCC2)C(=O)N1Cc1ncnn1C. The van der Waals surface area contributed by atoms with Crippen molar-refractivity contribution in [3.63, 3.8) is 0 Å². The number of carbonyl (C=O) groups excluding carboxylic acids is 2. The lowest BCUT2D eigenvalue weighted by Gasteiger charge is -2.43. The molecule has 2 fully saturated rings. The van der Waals surface area contributed by atoms with Crippen LogP contribution in [0.1, 0.15) is 38.4 Å². The fourth-order valence-corrected chi connectivity index (χ4v) is 3.13. The molecule has 0 radical (unpaired) electrons. The average molecular weight is 277 g/mol. The molecule has 7 heteroatoms. The van der Waals surface area contributed by atoms with E-state index in [2.05, 4.69) is 15.4 Å². The van der Waals surface area contributed by atoms with Gasteiger partial charge in [-0.15, -0.1) is 0 Å². The summed E-state index contributed by atoms with van der Waals surface area (Å²) in [6.45, 7) is 2.08. The third-order valence-electron chi connectivity index (χ3n) is 4.45. The molecule has 1 aliphatic carbocycles. The highest BCUT2D eigenvalue weighted by Gasteiger charge is 2.50. The topological polar surface area (TPSA) is 80.1 Å². The predicted molar refractivity (Wildman–Crippen MR) is 70.4 cm³/mol. The van der Waals surface area contributed by atoms with Crippen LogP contribution in [0.4, 0.5) is 0 Å². The summed E-state index contributed by atoms with van der Waals surface area (Å²) in [4.78, 5) is 30.8. The van der Waals surface area contributed by atoms with Crippen molar-refractivity contribution in [2.45, 2.75) is 50.7 Å². The summed E-state index contributed by atoms with van der Waals surface area (Å²) in [5.74, 6) is 0.631. The van der Waals surface area contributed by atoms with Crippen LogP contribution in [0, 0.1) is 0 Å². The second kappa shape index (κ2) is 4.57. The predicted octanol–water partition coefficient (Wildman–Crippen LogP) is -0.0252. The van der Waals surface area contributed by atoms with Crippen LogP contribution in [0.15, 0.2) is 6.33 Å². The van der Waals surface area contributed by atoms with Gasteiger partial charge in [-0.1, -0.05) is 12.8 Å². The molecule has 20 heavy (non-hydrogen) atoms. The minimum Gasteiger partial charge on any atom is -0.340 e. The number of piperazine rings is 1. The van der Waals surface area contributed by atoms with Crippen molar-refractivity contribution in [3.05, 3.63) is 12.2 Å². The van der Waals surface area contributed by atoms with E-state index in [0.29, 0.717) is 12.4 Å². The first-order valence-corrected chi connectivity index (χ1v) is 6.99. The Morgan fingerprint density at radius 2 is 2.10 bits per heavy atom. The van der Waals surface area contributed by atoms with E-state index in [1.54, 1.807) is 23.6 Å². The zero-order chi connectivity index (χ0) is 14.3. The molecule has 1 aliphatic heterocycles. The summed E-state index contributed by atoms with van der Waals surface area (Å²) in [5.41, 5.74) is -0.678. The van der Waals surface area contributed by atoms with Gasteiger partial charge >= 0.3 is 0 Å². The van der Waals surface area contributed by atoms with Crippen LogP contribution in [0.25, 0.3) is 0 Å². The Balaban J connectivity index is 1.89. The molecule has 108 valence electrons. The third kappa shape index (κ3) is 1.88. The molecule has 1 aromatic heterocycles. The van der Waals surface area contributed by atoms with Gasteiger partial charge in [0, 0.05) is 7.05 Å². The van der Waals surface area contributed by atoms with E-state index >= 15 is 0 Å². The molecule has 0 bridgehead atoms. The molecule has 2 amide bonds. The number of amides is 2. The van der Waals surface area contributed by atoms with Gasteiger partial charge in [0.25, 0.3) is 0 Å². The van der Waals surface area contributed by atoms with Crippen LogP contribution in [0.3, 0.4) is 0 Å². The quantitative estimate of drug-likeness (QED) is 0.823. The normalized spacial score (nSPS) is 25.3. The van der Waals surface area contributed by atoms with Crippen LogP contribution in [-0.2, 0) is 23.2 Å². The number of nitrogens with zero attached hydrogens (tertiary/aromatic N) is 4. The van der Waals surface area contributed by atoms with Crippen molar-refractivity contribution >= 4 is 11.8 Å². The van der Waals surface area contributed by atoms with Crippen molar-refractivity contribution in [1.82, 2.24) is 25.0 Å². The molecule has 1 unspecified atom stereocenters. The van der Waals surface area contributed by atoms with Crippen molar-refractivity contribution in [3.8, 4) is 0 Å². The van der Waals surface area contributed by atoms with Crippen molar-refractivity contribution < 1.29 is 9.59 Å². The van der Waals surface area contributed by atoms with Gasteiger partial charge in [-0.2, -0.15) is 5.10 Å². The van der Waals surface area contributed by atoms with E-state index < -0.39 is 11.6 Å². The van der Waals surface area contributed by atoms with E-state index in [1.807, 2.05) is 0 Å². The molecular formula is C13H19N5O2. The first-order valence-electron chi connectivity index (χ1n) is 6.99. The van der Waals surface area contributed by atoms with E-state index in [0.717, 1.165) is 25.7 Å². The van der Waals surface area contributed by atoms with E-state index in [9.17, 15) is 9.59 Å². The number of rotatable bonds is 2. The van der Waals surface area contributed by atoms with Gasteiger partial charge in [0.1, 0.15) is 23.7 Å². The second-order valence-electron chi connectivity index (χ2n) is 5.69. The summed E-state index contributed by atoms with van der Waals surface area (Å²) >= 11 is 0. The van der Waals surface area contributed by atoms with Crippen LogP contribution in [-0.4, -0.2) is 43.1 Å². The molecule has 3 rings (SSSR count).